The first kappa shape index (κ1) is 16.5. The van der Waals surface area contributed by atoms with E-state index >= 15 is 0 Å². The average molecular weight is 346 g/mol. The van der Waals surface area contributed by atoms with Crippen molar-refractivity contribution in [2.24, 2.45) is 0 Å². The standard InChI is InChI=1S/C14H16ClNO3S2/c15-12-4-1-3-11(9-12)10-21(18,19)16-7-6-13(17)14-5-2-8-20-14/h1-5,8-9,13,16-17H,6-7,10H2. The van der Waals surface area contributed by atoms with Crippen LogP contribution >= 0.6 is 22.9 Å². The first-order valence-electron chi connectivity index (χ1n) is 6.39. The van der Waals surface area contributed by atoms with Crippen LogP contribution in [0.3, 0.4) is 0 Å². The van der Waals surface area contributed by atoms with Gasteiger partial charge in [-0.25, -0.2) is 13.1 Å². The lowest BCUT2D eigenvalue weighted by atomic mass is 10.2. The Hall–Kier alpha value is -0.920. The molecule has 1 aromatic carbocycles. The van der Waals surface area contributed by atoms with Crippen molar-refractivity contribution in [2.75, 3.05) is 6.54 Å². The van der Waals surface area contributed by atoms with Crippen molar-refractivity contribution in [3.05, 3.63) is 57.2 Å². The van der Waals surface area contributed by atoms with E-state index in [-0.39, 0.29) is 12.3 Å². The highest BCUT2D eigenvalue weighted by Crippen LogP contribution is 2.21. The molecule has 0 bridgehead atoms. The molecule has 0 amide bonds. The predicted octanol–water partition coefficient (Wildman–Crippen LogP) is 2.94. The Kier molecular flexibility index (Phi) is 5.78. The molecule has 21 heavy (non-hydrogen) atoms. The van der Waals surface area contributed by atoms with E-state index in [1.54, 1.807) is 24.3 Å². The van der Waals surface area contributed by atoms with Gasteiger partial charge in [-0.2, -0.15) is 0 Å². The summed E-state index contributed by atoms with van der Waals surface area (Å²) in [5, 5.41) is 12.3. The van der Waals surface area contributed by atoms with Crippen LogP contribution < -0.4 is 4.72 Å². The Morgan fingerprint density at radius 3 is 2.76 bits per heavy atom. The SMILES string of the molecule is O=S(=O)(Cc1cccc(Cl)c1)NCCC(O)c1cccs1. The van der Waals surface area contributed by atoms with Gasteiger partial charge in [0.05, 0.1) is 11.9 Å². The van der Waals surface area contributed by atoms with Crippen molar-refractivity contribution in [1.29, 1.82) is 0 Å². The molecule has 1 atom stereocenters. The largest absolute Gasteiger partial charge is 0.388 e. The molecule has 2 N–H and O–H groups in total. The zero-order valence-corrected chi connectivity index (χ0v) is 13.6. The second-order valence-electron chi connectivity index (χ2n) is 4.60. The fraction of sp³-hybridized carbons (Fsp3) is 0.286. The predicted molar refractivity (Wildman–Crippen MR) is 86.0 cm³/mol. The van der Waals surface area contributed by atoms with E-state index in [1.807, 2.05) is 17.5 Å². The lowest BCUT2D eigenvalue weighted by Crippen LogP contribution is -2.27. The van der Waals surface area contributed by atoms with Crippen molar-refractivity contribution in [3.63, 3.8) is 0 Å². The number of aliphatic hydroxyl groups excluding tert-OH is 1. The number of sulfonamides is 1. The van der Waals surface area contributed by atoms with Crippen molar-refractivity contribution >= 4 is 33.0 Å². The molecule has 0 spiro atoms. The molecule has 0 saturated carbocycles. The van der Waals surface area contributed by atoms with E-state index in [2.05, 4.69) is 4.72 Å². The number of halogens is 1. The second-order valence-corrected chi connectivity index (χ2v) is 7.83. The number of hydrogen-bond acceptors (Lipinski definition) is 4. The van der Waals surface area contributed by atoms with Crippen molar-refractivity contribution in [2.45, 2.75) is 18.3 Å². The molecular formula is C14H16ClNO3S2. The van der Waals surface area contributed by atoms with Crippen LogP contribution in [-0.4, -0.2) is 20.1 Å². The van der Waals surface area contributed by atoms with Gasteiger partial charge >= 0.3 is 0 Å². The van der Waals surface area contributed by atoms with Gasteiger partial charge in [0.15, 0.2) is 0 Å². The average Bonchev–Trinajstić information content (AvgIpc) is 2.91. The van der Waals surface area contributed by atoms with Gasteiger partial charge in [-0.3, -0.25) is 0 Å². The van der Waals surface area contributed by atoms with Gasteiger partial charge < -0.3 is 5.11 Å². The minimum absolute atomic E-state index is 0.122. The van der Waals surface area contributed by atoms with Gasteiger partial charge in [-0.15, -0.1) is 11.3 Å². The van der Waals surface area contributed by atoms with Crippen LogP contribution in [-0.2, 0) is 15.8 Å². The molecular weight excluding hydrogens is 330 g/mol. The Labute approximate surface area is 133 Å². The monoisotopic (exact) mass is 345 g/mol. The van der Waals surface area contributed by atoms with E-state index in [9.17, 15) is 13.5 Å². The summed E-state index contributed by atoms with van der Waals surface area (Å²) in [7, 11) is -3.43. The Balaban J connectivity index is 1.84. The third-order valence-electron chi connectivity index (χ3n) is 2.86. The summed E-state index contributed by atoms with van der Waals surface area (Å²) in [6, 6.07) is 10.4. The van der Waals surface area contributed by atoms with E-state index in [0.29, 0.717) is 17.0 Å². The third-order valence-corrected chi connectivity index (χ3v) is 5.42. The van der Waals surface area contributed by atoms with Crippen LogP contribution in [0.2, 0.25) is 5.02 Å². The van der Waals surface area contributed by atoms with Gasteiger partial charge in [0.1, 0.15) is 0 Å². The summed E-state index contributed by atoms with van der Waals surface area (Å²) >= 11 is 7.28. The maximum Gasteiger partial charge on any atom is 0.215 e. The molecule has 1 heterocycles. The van der Waals surface area contributed by atoms with Gasteiger partial charge in [-0.05, 0) is 35.6 Å². The van der Waals surface area contributed by atoms with Crippen molar-refractivity contribution in [3.8, 4) is 0 Å². The molecule has 0 aliphatic heterocycles. The number of benzene rings is 1. The van der Waals surface area contributed by atoms with Crippen LogP contribution in [0.15, 0.2) is 41.8 Å². The Morgan fingerprint density at radius 1 is 1.29 bits per heavy atom. The summed E-state index contributed by atoms with van der Waals surface area (Å²) in [6.07, 6.45) is -0.297. The molecule has 0 aliphatic rings. The zero-order valence-electron chi connectivity index (χ0n) is 11.2. The number of aliphatic hydroxyl groups is 1. The molecule has 0 saturated heterocycles. The molecule has 4 nitrogen and oxygen atoms in total. The van der Waals surface area contributed by atoms with E-state index in [4.69, 9.17) is 11.6 Å². The Bertz CT molecular complexity index is 671. The number of hydrogen-bond donors (Lipinski definition) is 2. The van der Waals surface area contributed by atoms with Gasteiger partial charge in [-0.1, -0.05) is 29.8 Å². The third kappa shape index (κ3) is 5.41. The second kappa shape index (κ2) is 7.38. The highest BCUT2D eigenvalue weighted by Gasteiger charge is 2.14. The summed E-state index contributed by atoms with van der Waals surface area (Å²) in [6.45, 7) is 0.196. The number of rotatable bonds is 7. The zero-order chi connectivity index (χ0) is 15.3. The highest BCUT2D eigenvalue weighted by atomic mass is 35.5. The first-order valence-corrected chi connectivity index (χ1v) is 9.30. The van der Waals surface area contributed by atoms with Crippen LogP contribution in [0.5, 0.6) is 0 Å². The first-order chi connectivity index (χ1) is 9.96. The normalized spacial score (nSPS) is 13.2. The fourth-order valence-electron chi connectivity index (χ4n) is 1.87. The summed E-state index contributed by atoms with van der Waals surface area (Å²) < 4.78 is 26.4. The molecule has 2 rings (SSSR count). The van der Waals surface area contributed by atoms with E-state index in [1.165, 1.54) is 11.3 Å². The lowest BCUT2D eigenvalue weighted by molar-refractivity contribution is 0.173. The van der Waals surface area contributed by atoms with E-state index < -0.39 is 16.1 Å². The molecule has 0 aliphatic carbocycles. The number of thiophene rings is 1. The molecule has 0 radical (unpaired) electrons. The lowest BCUT2D eigenvalue weighted by Gasteiger charge is -2.10. The van der Waals surface area contributed by atoms with Gasteiger partial charge in [0.2, 0.25) is 10.0 Å². The van der Waals surface area contributed by atoms with Gasteiger partial charge in [0.25, 0.3) is 0 Å². The molecule has 1 aromatic heterocycles. The fourth-order valence-corrected chi connectivity index (χ4v) is 3.98. The number of nitrogens with one attached hydrogen (secondary N) is 1. The maximum absolute atomic E-state index is 11.9. The minimum atomic E-state index is -3.43. The van der Waals surface area contributed by atoms with Crippen LogP contribution in [0.25, 0.3) is 0 Å². The molecule has 7 heteroatoms. The van der Waals surface area contributed by atoms with Crippen LogP contribution in [0, 0.1) is 0 Å². The van der Waals surface area contributed by atoms with Crippen molar-refractivity contribution < 1.29 is 13.5 Å². The van der Waals surface area contributed by atoms with Crippen LogP contribution in [0.1, 0.15) is 23.0 Å². The molecule has 1 unspecified atom stereocenters. The quantitative estimate of drug-likeness (QED) is 0.810. The summed E-state index contributed by atoms with van der Waals surface area (Å²) in [4.78, 5) is 0.837. The van der Waals surface area contributed by atoms with E-state index in [0.717, 1.165) is 4.88 Å². The molecule has 2 aromatic rings. The molecule has 114 valence electrons. The van der Waals surface area contributed by atoms with Crippen LogP contribution in [0.4, 0.5) is 0 Å². The minimum Gasteiger partial charge on any atom is -0.388 e. The smallest absolute Gasteiger partial charge is 0.215 e. The topological polar surface area (TPSA) is 66.4 Å². The summed E-state index contributed by atoms with van der Waals surface area (Å²) in [5.74, 6) is -0.122. The van der Waals surface area contributed by atoms with Crippen molar-refractivity contribution in [1.82, 2.24) is 4.72 Å². The Morgan fingerprint density at radius 2 is 2.10 bits per heavy atom. The van der Waals surface area contributed by atoms with Gasteiger partial charge in [0, 0.05) is 16.4 Å². The molecule has 0 fully saturated rings. The maximum atomic E-state index is 11.9. The highest BCUT2D eigenvalue weighted by molar-refractivity contribution is 7.88. The summed E-state index contributed by atoms with van der Waals surface area (Å²) in [5.41, 5.74) is 0.633.